The van der Waals surface area contributed by atoms with Gasteiger partial charge in [-0.3, -0.25) is 14.5 Å². The molecule has 1 fully saturated rings. The molecule has 2 amide bonds. The quantitative estimate of drug-likeness (QED) is 0.286. The fraction of sp³-hybridized carbons (Fsp3) is 0.263. The highest BCUT2D eigenvalue weighted by molar-refractivity contribution is 8.00. The Balaban J connectivity index is 1.54. The number of thioether (sulfide) groups is 1. The number of aryl methyl sites for hydroxylation is 1. The standard InChI is InChI=1S/C19H18N6O5S3/c1-8-11(33-7-21-8)4-3-9-5-31-17-13(16(27)25(17)14(9)18(28)29)23-15(26)12(24-30-2)10-6-32-19(20)22-10/h3-4,6-7,13,17H,5H2,1-2H3,(H2,20,22)(H,23,26)(H,28,29)/b4-3+,24-12+/t13-,17?/m1/s1. The molecule has 1 unspecified atom stereocenters. The van der Waals surface area contributed by atoms with Gasteiger partial charge in [-0.15, -0.1) is 34.4 Å². The van der Waals surface area contributed by atoms with Gasteiger partial charge in [0.05, 0.1) is 11.2 Å². The molecule has 0 spiro atoms. The zero-order chi connectivity index (χ0) is 23.7. The molecule has 14 heteroatoms. The number of nitrogen functional groups attached to an aromatic ring is 1. The van der Waals surface area contributed by atoms with Gasteiger partial charge in [0.2, 0.25) is 0 Å². The van der Waals surface area contributed by atoms with Crippen LogP contribution >= 0.6 is 34.4 Å². The Morgan fingerprint density at radius 3 is 2.79 bits per heavy atom. The molecular formula is C19H18N6O5S3. The summed E-state index contributed by atoms with van der Waals surface area (Å²) in [6, 6.07) is -0.913. The van der Waals surface area contributed by atoms with Crippen molar-refractivity contribution in [1.29, 1.82) is 0 Å². The highest BCUT2D eigenvalue weighted by Gasteiger charge is 2.54. The Hall–Kier alpha value is -3.23. The van der Waals surface area contributed by atoms with Crippen molar-refractivity contribution >= 4 is 69.1 Å². The minimum atomic E-state index is -1.21. The number of anilines is 1. The first kappa shape index (κ1) is 22.9. The second-order valence-corrected chi connectivity index (χ2v) is 9.75. The van der Waals surface area contributed by atoms with Crippen molar-refractivity contribution in [3.63, 3.8) is 0 Å². The number of hydrogen-bond acceptors (Lipinski definition) is 11. The molecule has 2 aromatic heterocycles. The number of fused-ring (bicyclic) bond motifs is 1. The van der Waals surface area contributed by atoms with E-state index in [0.717, 1.165) is 21.9 Å². The molecule has 0 bridgehead atoms. The van der Waals surface area contributed by atoms with E-state index in [9.17, 15) is 19.5 Å². The third kappa shape index (κ3) is 4.36. The monoisotopic (exact) mass is 506 g/mol. The van der Waals surface area contributed by atoms with Crippen LogP contribution in [0.1, 0.15) is 16.3 Å². The molecule has 11 nitrogen and oxygen atoms in total. The summed E-state index contributed by atoms with van der Waals surface area (Å²) in [5.41, 5.74) is 8.68. The number of allylic oxidation sites excluding steroid dienone is 1. The Morgan fingerprint density at radius 1 is 1.39 bits per heavy atom. The van der Waals surface area contributed by atoms with Crippen molar-refractivity contribution in [2.24, 2.45) is 5.16 Å². The minimum absolute atomic E-state index is 0.0919. The number of carbonyl (C=O) groups excluding carboxylic acids is 2. The number of carboxylic acid groups (broad SMARTS) is 1. The summed E-state index contributed by atoms with van der Waals surface area (Å²) < 4.78 is 0. The van der Waals surface area contributed by atoms with E-state index in [0.29, 0.717) is 11.3 Å². The Morgan fingerprint density at radius 2 is 2.18 bits per heavy atom. The topological polar surface area (TPSA) is 160 Å². The lowest BCUT2D eigenvalue weighted by molar-refractivity contribution is -0.150. The van der Waals surface area contributed by atoms with Crippen LogP contribution in [0.3, 0.4) is 0 Å². The maximum Gasteiger partial charge on any atom is 0.352 e. The first-order valence-electron chi connectivity index (χ1n) is 9.44. The van der Waals surface area contributed by atoms with Gasteiger partial charge >= 0.3 is 5.97 Å². The molecule has 0 aromatic carbocycles. The van der Waals surface area contributed by atoms with Crippen LogP contribution in [-0.4, -0.2) is 67.7 Å². The maximum atomic E-state index is 12.9. The Labute approximate surface area is 200 Å². The summed E-state index contributed by atoms with van der Waals surface area (Å²) in [5, 5.41) is 17.4. The fourth-order valence-corrected chi connectivity index (χ4v) is 5.88. The van der Waals surface area contributed by atoms with Crippen LogP contribution in [0, 0.1) is 6.92 Å². The molecule has 0 aliphatic carbocycles. The van der Waals surface area contributed by atoms with E-state index < -0.39 is 29.2 Å². The van der Waals surface area contributed by atoms with Gasteiger partial charge in [0.15, 0.2) is 10.8 Å². The predicted octanol–water partition coefficient (Wildman–Crippen LogP) is 1.29. The van der Waals surface area contributed by atoms with Crippen LogP contribution in [0.25, 0.3) is 6.08 Å². The first-order chi connectivity index (χ1) is 15.8. The fourth-order valence-electron chi connectivity index (χ4n) is 3.32. The smallest absolute Gasteiger partial charge is 0.352 e. The second-order valence-electron chi connectivity index (χ2n) is 6.87. The molecule has 2 aliphatic heterocycles. The van der Waals surface area contributed by atoms with E-state index in [-0.39, 0.29) is 22.2 Å². The Kier molecular flexibility index (Phi) is 6.49. The number of aromatic nitrogens is 2. The molecule has 1 saturated heterocycles. The molecule has 0 saturated carbocycles. The number of oxime groups is 1. The summed E-state index contributed by atoms with van der Waals surface area (Å²) in [5.74, 6) is -2.04. The van der Waals surface area contributed by atoms with Gasteiger partial charge in [-0.25, -0.2) is 14.8 Å². The van der Waals surface area contributed by atoms with Crippen LogP contribution in [-0.2, 0) is 19.2 Å². The van der Waals surface area contributed by atoms with Crippen LogP contribution in [0.5, 0.6) is 0 Å². The van der Waals surface area contributed by atoms with Crippen molar-refractivity contribution in [2.45, 2.75) is 18.3 Å². The average molecular weight is 507 g/mol. The zero-order valence-electron chi connectivity index (χ0n) is 17.3. The van der Waals surface area contributed by atoms with Crippen molar-refractivity contribution < 1.29 is 24.3 Å². The number of rotatable bonds is 7. The van der Waals surface area contributed by atoms with Crippen molar-refractivity contribution in [3.8, 4) is 0 Å². The number of aliphatic carboxylic acids is 1. The molecule has 0 radical (unpaired) electrons. The summed E-state index contributed by atoms with van der Waals surface area (Å²) in [7, 11) is 1.28. The number of carbonyl (C=O) groups is 3. The average Bonchev–Trinajstić information content (AvgIpc) is 3.40. The highest BCUT2D eigenvalue weighted by Crippen LogP contribution is 2.41. The molecular weight excluding hydrogens is 488 g/mol. The van der Waals surface area contributed by atoms with Crippen LogP contribution < -0.4 is 11.1 Å². The lowest BCUT2D eigenvalue weighted by Crippen LogP contribution is -2.71. The number of hydrogen-bond donors (Lipinski definition) is 3. The lowest BCUT2D eigenvalue weighted by Gasteiger charge is -2.49. The van der Waals surface area contributed by atoms with E-state index in [1.54, 1.807) is 23.0 Å². The predicted molar refractivity (Wildman–Crippen MR) is 126 cm³/mol. The first-order valence-corrected chi connectivity index (χ1v) is 12.2. The summed E-state index contributed by atoms with van der Waals surface area (Å²) in [6.07, 6.45) is 3.49. The summed E-state index contributed by atoms with van der Waals surface area (Å²) >= 11 is 3.94. The van der Waals surface area contributed by atoms with Gasteiger partial charge < -0.3 is 21.0 Å². The minimum Gasteiger partial charge on any atom is -0.477 e. The maximum absolute atomic E-state index is 12.9. The zero-order valence-corrected chi connectivity index (χ0v) is 19.8. The van der Waals surface area contributed by atoms with Crippen LogP contribution in [0.4, 0.5) is 5.13 Å². The number of carboxylic acids is 1. The van der Waals surface area contributed by atoms with Gasteiger partial charge in [0.25, 0.3) is 11.8 Å². The van der Waals surface area contributed by atoms with Gasteiger partial charge in [-0.1, -0.05) is 11.2 Å². The Bertz CT molecular complexity index is 1220. The lowest BCUT2D eigenvalue weighted by atomic mass is 10.0. The molecule has 172 valence electrons. The second kappa shape index (κ2) is 9.33. The molecule has 2 atom stereocenters. The molecule has 2 aliphatic rings. The van der Waals surface area contributed by atoms with E-state index in [2.05, 4.69) is 20.4 Å². The van der Waals surface area contributed by atoms with Crippen molar-refractivity contribution in [3.05, 3.63) is 44.5 Å². The van der Waals surface area contributed by atoms with Gasteiger partial charge in [-0.05, 0) is 18.6 Å². The summed E-state index contributed by atoms with van der Waals surface area (Å²) in [6.45, 7) is 1.86. The van der Waals surface area contributed by atoms with E-state index >= 15 is 0 Å². The van der Waals surface area contributed by atoms with E-state index in [4.69, 9.17) is 10.6 Å². The number of nitrogens with one attached hydrogen (secondary N) is 1. The van der Waals surface area contributed by atoms with E-state index in [1.807, 2.05) is 6.92 Å². The normalized spacial score (nSPS) is 20.6. The van der Waals surface area contributed by atoms with Gasteiger partial charge in [0, 0.05) is 16.0 Å². The van der Waals surface area contributed by atoms with Gasteiger partial charge in [-0.2, -0.15) is 0 Å². The van der Waals surface area contributed by atoms with Crippen molar-refractivity contribution in [1.82, 2.24) is 20.2 Å². The molecule has 4 N–H and O–H groups in total. The SMILES string of the molecule is CO/N=C(/C(=O)N[C@@H]1C(=O)N2C(C(=O)O)=C(/C=C/c3scnc3C)CSC12)c1csc(N)n1. The number of nitrogens with zero attached hydrogens (tertiary/aromatic N) is 4. The summed E-state index contributed by atoms with van der Waals surface area (Å²) in [4.78, 5) is 52.7. The number of β-lactam (4-membered cyclic amide) rings is 1. The van der Waals surface area contributed by atoms with Crippen molar-refractivity contribution in [2.75, 3.05) is 18.6 Å². The number of thiazole rings is 2. The molecule has 33 heavy (non-hydrogen) atoms. The largest absolute Gasteiger partial charge is 0.477 e. The third-order valence-electron chi connectivity index (χ3n) is 4.87. The van der Waals surface area contributed by atoms with Crippen LogP contribution in [0.2, 0.25) is 0 Å². The van der Waals surface area contributed by atoms with E-state index in [1.165, 1.54) is 35.1 Å². The van der Waals surface area contributed by atoms with Gasteiger partial charge in [0.1, 0.15) is 29.9 Å². The highest BCUT2D eigenvalue weighted by atomic mass is 32.2. The molecule has 4 rings (SSSR count). The number of amides is 2. The molecule has 2 aromatic rings. The number of nitrogens with two attached hydrogens (primary N) is 1. The third-order valence-corrected chi connectivity index (χ3v) is 7.74. The van der Waals surface area contributed by atoms with Crippen LogP contribution in [0.15, 0.2) is 33.4 Å². The molecule has 4 heterocycles.